The normalized spacial score (nSPS) is 12.8. The summed E-state index contributed by atoms with van der Waals surface area (Å²) in [5.74, 6) is 0.772. The van der Waals surface area contributed by atoms with Crippen LogP contribution in [0.25, 0.3) is 10.9 Å². The highest BCUT2D eigenvalue weighted by atomic mass is 79.9. The second-order valence-corrected chi connectivity index (χ2v) is 7.04. The summed E-state index contributed by atoms with van der Waals surface area (Å²) in [6.45, 7) is 6.77. The molecule has 0 amide bonds. The average molecular weight is 350 g/mol. The van der Waals surface area contributed by atoms with Gasteiger partial charge in [0, 0.05) is 27.8 Å². The summed E-state index contributed by atoms with van der Waals surface area (Å²) in [5, 5.41) is 4.56. The van der Waals surface area contributed by atoms with Crippen molar-refractivity contribution in [3.63, 3.8) is 0 Å². The molecule has 1 heterocycles. The first-order valence-electron chi connectivity index (χ1n) is 7.57. The van der Waals surface area contributed by atoms with Crippen molar-refractivity contribution in [2.24, 2.45) is 5.92 Å². The number of benzene rings is 1. The predicted octanol–water partition coefficient (Wildman–Crippen LogP) is 5.21. The highest BCUT2D eigenvalue weighted by Crippen LogP contribution is 2.29. The number of nitrogens with one attached hydrogen (secondary N) is 1. The van der Waals surface area contributed by atoms with Crippen LogP contribution in [0.1, 0.15) is 40.0 Å². The molecular formula is C17H24BrN3. The fourth-order valence-electron chi connectivity index (χ4n) is 2.50. The summed E-state index contributed by atoms with van der Waals surface area (Å²) in [6.07, 6.45) is 5.51. The zero-order valence-electron chi connectivity index (χ0n) is 13.0. The second-order valence-electron chi connectivity index (χ2n) is 6.12. The monoisotopic (exact) mass is 349 g/mol. The minimum Gasteiger partial charge on any atom is -0.398 e. The Morgan fingerprint density at radius 3 is 2.71 bits per heavy atom. The summed E-state index contributed by atoms with van der Waals surface area (Å²) < 4.78 is 0.948. The third-order valence-electron chi connectivity index (χ3n) is 3.67. The van der Waals surface area contributed by atoms with Crippen LogP contribution in [0.5, 0.6) is 0 Å². The first-order valence-corrected chi connectivity index (χ1v) is 8.37. The number of nitrogens with two attached hydrogens (primary N) is 1. The van der Waals surface area contributed by atoms with E-state index in [9.17, 15) is 0 Å². The van der Waals surface area contributed by atoms with E-state index in [0.29, 0.717) is 6.04 Å². The van der Waals surface area contributed by atoms with E-state index in [1.807, 2.05) is 24.4 Å². The maximum atomic E-state index is 6.05. The summed E-state index contributed by atoms with van der Waals surface area (Å²) in [7, 11) is 0. The smallest absolute Gasteiger partial charge is 0.0954 e. The lowest BCUT2D eigenvalue weighted by Crippen LogP contribution is -2.15. The fourth-order valence-corrected chi connectivity index (χ4v) is 2.83. The molecule has 2 aromatic rings. The minimum absolute atomic E-state index is 0.432. The Hall–Kier alpha value is -1.29. The zero-order chi connectivity index (χ0) is 15.4. The molecule has 0 radical (unpaired) electrons. The Kier molecular flexibility index (Phi) is 5.45. The molecule has 114 valence electrons. The highest BCUT2D eigenvalue weighted by molar-refractivity contribution is 9.10. The van der Waals surface area contributed by atoms with Crippen molar-refractivity contribution >= 4 is 38.2 Å². The summed E-state index contributed by atoms with van der Waals surface area (Å²) in [4.78, 5) is 4.51. The van der Waals surface area contributed by atoms with Crippen LogP contribution in [0.2, 0.25) is 0 Å². The Balaban J connectivity index is 2.13. The topological polar surface area (TPSA) is 50.9 Å². The third kappa shape index (κ3) is 4.34. The number of hydrogen-bond donors (Lipinski definition) is 2. The number of aromatic nitrogens is 1. The van der Waals surface area contributed by atoms with E-state index in [4.69, 9.17) is 5.73 Å². The Labute approximate surface area is 135 Å². The number of hydrogen-bond acceptors (Lipinski definition) is 3. The van der Waals surface area contributed by atoms with Crippen LogP contribution >= 0.6 is 15.9 Å². The lowest BCUT2D eigenvalue weighted by molar-refractivity contribution is 0.520. The van der Waals surface area contributed by atoms with E-state index < -0.39 is 0 Å². The molecule has 21 heavy (non-hydrogen) atoms. The molecular weight excluding hydrogens is 326 g/mol. The summed E-state index contributed by atoms with van der Waals surface area (Å²) >= 11 is 3.45. The Morgan fingerprint density at radius 1 is 1.24 bits per heavy atom. The van der Waals surface area contributed by atoms with Gasteiger partial charge in [-0.1, -0.05) is 26.7 Å². The third-order valence-corrected chi connectivity index (χ3v) is 4.10. The van der Waals surface area contributed by atoms with E-state index in [1.165, 1.54) is 19.3 Å². The van der Waals surface area contributed by atoms with Gasteiger partial charge in [0.2, 0.25) is 0 Å². The molecule has 3 nitrogen and oxygen atoms in total. The molecule has 0 aliphatic rings. The number of fused-ring (bicyclic) bond motifs is 1. The molecule has 0 aliphatic heterocycles. The van der Waals surface area contributed by atoms with Crippen LogP contribution in [0.3, 0.4) is 0 Å². The molecule has 1 aromatic heterocycles. The van der Waals surface area contributed by atoms with Crippen molar-refractivity contribution in [2.75, 3.05) is 11.1 Å². The first-order chi connectivity index (χ1) is 9.97. The molecule has 1 aromatic carbocycles. The van der Waals surface area contributed by atoms with E-state index in [2.05, 4.69) is 47.0 Å². The van der Waals surface area contributed by atoms with Gasteiger partial charge in [-0.2, -0.15) is 0 Å². The van der Waals surface area contributed by atoms with Gasteiger partial charge in [-0.3, -0.25) is 4.98 Å². The maximum absolute atomic E-state index is 6.05. The second kappa shape index (κ2) is 7.12. The number of nitrogen functional groups attached to an aromatic ring is 1. The predicted molar refractivity (Wildman–Crippen MR) is 95.6 cm³/mol. The SMILES string of the molecule is CC(C)CCCC(C)Nc1ccc(N)c2cc(Br)cnc12. The molecule has 0 saturated heterocycles. The van der Waals surface area contributed by atoms with Crippen LogP contribution in [0.4, 0.5) is 11.4 Å². The molecule has 0 fully saturated rings. The molecule has 1 unspecified atom stereocenters. The number of halogens is 1. The van der Waals surface area contributed by atoms with Crippen molar-refractivity contribution in [1.82, 2.24) is 4.98 Å². The van der Waals surface area contributed by atoms with Gasteiger partial charge in [0.1, 0.15) is 0 Å². The number of rotatable bonds is 6. The van der Waals surface area contributed by atoms with Crippen LogP contribution in [-0.2, 0) is 0 Å². The van der Waals surface area contributed by atoms with Gasteiger partial charge in [-0.25, -0.2) is 0 Å². The number of nitrogens with zero attached hydrogens (tertiary/aromatic N) is 1. The standard InChI is InChI=1S/C17H24BrN3/c1-11(2)5-4-6-12(3)21-16-8-7-15(19)14-9-13(18)10-20-17(14)16/h7-12,21H,4-6,19H2,1-3H3. The average Bonchev–Trinajstić information content (AvgIpc) is 2.42. The molecule has 0 spiro atoms. The van der Waals surface area contributed by atoms with Gasteiger partial charge in [-0.05, 0) is 53.4 Å². The fraction of sp³-hybridized carbons (Fsp3) is 0.471. The highest BCUT2D eigenvalue weighted by Gasteiger charge is 2.09. The number of anilines is 2. The lowest BCUT2D eigenvalue weighted by atomic mass is 10.0. The maximum Gasteiger partial charge on any atom is 0.0954 e. The van der Waals surface area contributed by atoms with Gasteiger partial charge < -0.3 is 11.1 Å². The summed E-state index contributed by atoms with van der Waals surface area (Å²) in [6, 6.07) is 6.42. The van der Waals surface area contributed by atoms with Crippen molar-refractivity contribution in [2.45, 2.75) is 46.1 Å². The van der Waals surface area contributed by atoms with E-state index >= 15 is 0 Å². The van der Waals surface area contributed by atoms with Gasteiger partial charge in [0.15, 0.2) is 0 Å². The van der Waals surface area contributed by atoms with Crippen LogP contribution < -0.4 is 11.1 Å². The van der Waals surface area contributed by atoms with Crippen molar-refractivity contribution in [3.05, 3.63) is 28.9 Å². The molecule has 1 atom stereocenters. The largest absolute Gasteiger partial charge is 0.398 e. The molecule has 0 bridgehead atoms. The van der Waals surface area contributed by atoms with Crippen molar-refractivity contribution in [1.29, 1.82) is 0 Å². The minimum atomic E-state index is 0.432. The Bertz CT molecular complexity index is 610. The first kappa shape index (κ1) is 16.1. The van der Waals surface area contributed by atoms with Crippen molar-refractivity contribution in [3.8, 4) is 0 Å². The molecule has 0 saturated carbocycles. The van der Waals surface area contributed by atoms with Crippen LogP contribution in [0.15, 0.2) is 28.9 Å². The molecule has 2 rings (SSSR count). The summed E-state index contributed by atoms with van der Waals surface area (Å²) in [5.41, 5.74) is 8.81. The van der Waals surface area contributed by atoms with Crippen molar-refractivity contribution < 1.29 is 0 Å². The molecule has 3 N–H and O–H groups in total. The molecule has 4 heteroatoms. The van der Waals surface area contributed by atoms with Gasteiger partial charge >= 0.3 is 0 Å². The zero-order valence-corrected chi connectivity index (χ0v) is 14.6. The molecule has 0 aliphatic carbocycles. The van der Waals surface area contributed by atoms with Gasteiger partial charge in [-0.15, -0.1) is 0 Å². The van der Waals surface area contributed by atoms with Crippen LogP contribution in [-0.4, -0.2) is 11.0 Å². The van der Waals surface area contributed by atoms with E-state index in [1.54, 1.807) is 0 Å². The quantitative estimate of drug-likeness (QED) is 0.704. The number of pyridine rings is 1. The Morgan fingerprint density at radius 2 is 2.00 bits per heavy atom. The van der Waals surface area contributed by atoms with E-state index in [-0.39, 0.29) is 0 Å². The van der Waals surface area contributed by atoms with Crippen LogP contribution in [0, 0.1) is 5.92 Å². The van der Waals surface area contributed by atoms with E-state index in [0.717, 1.165) is 32.7 Å². The van der Waals surface area contributed by atoms with Gasteiger partial charge in [0.05, 0.1) is 11.2 Å². The lowest BCUT2D eigenvalue weighted by Gasteiger charge is -2.17. The van der Waals surface area contributed by atoms with Gasteiger partial charge in [0.25, 0.3) is 0 Å².